The average Bonchev–Trinajstić information content (AvgIpc) is 3.13. The lowest BCUT2D eigenvalue weighted by atomic mass is 9.95. The number of hydrogen-bond acceptors (Lipinski definition) is 3. The molecule has 1 aliphatic heterocycles. The molecule has 0 amide bonds. The molecule has 0 fully saturated rings. The maximum atomic E-state index is 12.8. The predicted octanol–water partition coefficient (Wildman–Crippen LogP) is 2.32. The Balaban J connectivity index is 1.71. The summed E-state index contributed by atoms with van der Waals surface area (Å²) in [5.41, 5.74) is 8.64. The van der Waals surface area contributed by atoms with E-state index in [9.17, 15) is 4.79 Å². The first kappa shape index (κ1) is 12.2. The number of aryl methyl sites for hydroxylation is 1. The van der Waals surface area contributed by atoms with Gasteiger partial charge in [0.1, 0.15) is 0 Å². The van der Waals surface area contributed by atoms with Crippen molar-refractivity contribution in [1.29, 1.82) is 0 Å². The number of nitrogens with two attached hydrogens (primary N) is 1. The summed E-state index contributed by atoms with van der Waals surface area (Å²) in [6.07, 6.45) is 7.09. The molecule has 1 atom stereocenters. The van der Waals surface area contributed by atoms with Crippen LogP contribution in [0.25, 0.3) is 10.9 Å². The largest absolute Gasteiger partial charge is 0.397 e. The molecule has 3 aromatic rings. The van der Waals surface area contributed by atoms with Gasteiger partial charge in [-0.1, -0.05) is 12.1 Å². The van der Waals surface area contributed by atoms with Gasteiger partial charge >= 0.3 is 0 Å². The Morgan fingerprint density at radius 1 is 1.33 bits per heavy atom. The van der Waals surface area contributed by atoms with Crippen LogP contribution in [-0.4, -0.2) is 20.0 Å². The molecule has 0 saturated carbocycles. The molecular formula is C16H16N4O. The van der Waals surface area contributed by atoms with Crippen LogP contribution in [0.3, 0.4) is 0 Å². The fourth-order valence-corrected chi connectivity index (χ4v) is 3.18. The van der Waals surface area contributed by atoms with Gasteiger partial charge in [-0.3, -0.25) is 9.36 Å². The van der Waals surface area contributed by atoms with E-state index in [1.807, 2.05) is 43.0 Å². The highest BCUT2D eigenvalue weighted by molar-refractivity contribution is 5.99. The normalized spacial score (nSPS) is 17.8. The first-order valence-electron chi connectivity index (χ1n) is 7.13. The minimum atomic E-state index is -0.00981. The Kier molecular flexibility index (Phi) is 2.60. The maximum absolute atomic E-state index is 12.8. The van der Waals surface area contributed by atoms with Crippen LogP contribution in [-0.2, 0) is 13.0 Å². The van der Waals surface area contributed by atoms with Crippen LogP contribution in [0.4, 0.5) is 5.69 Å². The third-order valence-electron chi connectivity index (χ3n) is 4.30. The highest BCUT2D eigenvalue weighted by Crippen LogP contribution is 2.26. The fourth-order valence-electron chi connectivity index (χ4n) is 3.18. The summed E-state index contributed by atoms with van der Waals surface area (Å²) in [6.45, 7) is 0.848. The van der Waals surface area contributed by atoms with Crippen molar-refractivity contribution >= 4 is 22.5 Å². The molecule has 0 aliphatic carbocycles. The lowest BCUT2D eigenvalue weighted by molar-refractivity contribution is 0.0818. The van der Waals surface area contributed by atoms with Gasteiger partial charge in [0, 0.05) is 42.4 Å². The van der Waals surface area contributed by atoms with Crippen LogP contribution in [0.15, 0.2) is 43.0 Å². The van der Waals surface area contributed by atoms with E-state index in [4.69, 9.17) is 5.73 Å². The number of para-hydroxylation sites is 1. The number of fused-ring (bicyclic) bond motifs is 2. The lowest BCUT2D eigenvalue weighted by Gasteiger charge is -2.23. The number of rotatable bonds is 1. The van der Waals surface area contributed by atoms with Gasteiger partial charge in [0.25, 0.3) is 0 Å². The molecule has 106 valence electrons. The average molecular weight is 280 g/mol. The number of imidazole rings is 1. The molecule has 1 unspecified atom stereocenters. The third kappa shape index (κ3) is 1.85. The molecule has 21 heavy (non-hydrogen) atoms. The van der Waals surface area contributed by atoms with Gasteiger partial charge in [-0.25, -0.2) is 4.98 Å². The standard InChI is InChI=1S/C16H16N4O/c17-14-3-1-2-11-5-7-20(15(11)14)16(21)12-4-6-19-10-18-9-13(19)8-12/h1-3,5,7,9-10,12H,4,6,8,17H2. The number of hydrogen-bond donors (Lipinski definition) is 1. The van der Waals surface area contributed by atoms with Crippen LogP contribution >= 0.6 is 0 Å². The molecule has 4 rings (SSSR count). The summed E-state index contributed by atoms with van der Waals surface area (Å²) in [5, 5.41) is 1.00. The summed E-state index contributed by atoms with van der Waals surface area (Å²) in [5.74, 6) is 0.111. The van der Waals surface area contributed by atoms with Gasteiger partial charge in [-0.15, -0.1) is 0 Å². The molecule has 2 aromatic heterocycles. The van der Waals surface area contributed by atoms with Gasteiger partial charge < -0.3 is 10.3 Å². The van der Waals surface area contributed by atoms with Crippen LogP contribution in [0.2, 0.25) is 0 Å². The van der Waals surface area contributed by atoms with Crippen molar-refractivity contribution in [2.24, 2.45) is 5.92 Å². The minimum Gasteiger partial charge on any atom is -0.397 e. The molecule has 5 heteroatoms. The Labute approximate surface area is 122 Å². The van der Waals surface area contributed by atoms with Crippen molar-refractivity contribution in [2.45, 2.75) is 19.4 Å². The van der Waals surface area contributed by atoms with E-state index >= 15 is 0 Å². The van der Waals surface area contributed by atoms with Crippen LogP contribution in [0.5, 0.6) is 0 Å². The molecule has 1 aliphatic rings. The molecule has 1 aromatic carbocycles. The Morgan fingerprint density at radius 2 is 2.24 bits per heavy atom. The van der Waals surface area contributed by atoms with Crippen molar-refractivity contribution in [3.05, 3.63) is 48.7 Å². The number of benzene rings is 1. The fraction of sp³-hybridized carbons (Fsp3) is 0.250. The summed E-state index contributed by atoms with van der Waals surface area (Å²) >= 11 is 0. The summed E-state index contributed by atoms with van der Waals surface area (Å²) in [6, 6.07) is 7.66. The molecule has 5 nitrogen and oxygen atoms in total. The molecule has 0 bridgehead atoms. The molecule has 0 saturated heterocycles. The molecule has 3 heterocycles. The summed E-state index contributed by atoms with van der Waals surface area (Å²) in [4.78, 5) is 17.0. The summed E-state index contributed by atoms with van der Waals surface area (Å²) < 4.78 is 3.83. The summed E-state index contributed by atoms with van der Waals surface area (Å²) in [7, 11) is 0. The number of anilines is 1. The van der Waals surface area contributed by atoms with Gasteiger partial charge in [-0.2, -0.15) is 0 Å². The van der Waals surface area contributed by atoms with Gasteiger partial charge in [-0.05, 0) is 18.6 Å². The second-order valence-corrected chi connectivity index (χ2v) is 5.58. The van der Waals surface area contributed by atoms with E-state index in [0.717, 1.165) is 36.0 Å². The van der Waals surface area contributed by atoms with Crippen LogP contribution < -0.4 is 5.73 Å². The van der Waals surface area contributed by atoms with Gasteiger partial charge in [0.15, 0.2) is 0 Å². The zero-order chi connectivity index (χ0) is 14.4. The number of aromatic nitrogens is 3. The zero-order valence-electron chi connectivity index (χ0n) is 11.6. The van der Waals surface area contributed by atoms with E-state index in [1.165, 1.54) is 0 Å². The monoisotopic (exact) mass is 280 g/mol. The highest BCUT2D eigenvalue weighted by atomic mass is 16.2. The lowest BCUT2D eigenvalue weighted by Crippen LogP contribution is -2.29. The second kappa shape index (κ2) is 4.48. The topological polar surface area (TPSA) is 65.8 Å². The SMILES string of the molecule is Nc1cccc2ccn(C(=O)C3CCn4cncc4C3)c12. The van der Waals surface area contributed by atoms with E-state index in [1.54, 1.807) is 4.57 Å². The Bertz CT molecular complexity index is 830. The number of nitrogens with zero attached hydrogens (tertiary/aromatic N) is 3. The minimum absolute atomic E-state index is 0.00981. The molecular weight excluding hydrogens is 264 g/mol. The first-order valence-corrected chi connectivity index (χ1v) is 7.13. The number of carbonyl (C=O) groups excluding carboxylic acids is 1. The van der Waals surface area contributed by atoms with E-state index in [0.29, 0.717) is 5.69 Å². The van der Waals surface area contributed by atoms with Crippen molar-refractivity contribution in [1.82, 2.24) is 14.1 Å². The van der Waals surface area contributed by atoms with E-state index in [2.05, 4.69) is 9.55 Å². The smallest absolute Gasteiger partial charge is 0.234 e. The number of nitrogen functional groups attached to an aromatic ring is 1. The van der Waals surface area contributed by atoms with Crippen molar-refractivity contribution in [3.8, 4) is 0 Å². The quantitative estimate of drug-likeness (QED) is 0.696. The van der Waals surface area contributed by atoms with Gasteiger partial charge in [0.05, 0.1) is 17.5 Å². The molecule has 2 N–H and O–H groups in total. The first-order chi connectivity index (χ1) is 10.2. The molecule has 0 radical (unpaired) electrons. The highest BCUT2D eigenvalue weighted by Gasteiger charge is 2.26. The zero-order valence-corrected chi connectivity index (χ0v) is 11.6. The van der Waals surface area contributed by atoms with E-state index in [-0.39, 0.29) is 11.8 Å². The maximum Gasteiger partial charge on any atom is 0.234 e. The Morgan fingerprint density at radius 3 is 3.14 bits per heavy atom. The third-order valence-corrected chi connectivity index (χ3v) is 4.30. The van der Waals surface area contributed by atoms with Gasteiger partial charge in [0.2, 0.25) is 5.91 Å². The second-order valence-electron chi connectivity index (χ2n) is 5.58. The van der Waals surface area contributed by atoms with Crippen LogP contribution in [0.1, 0.15) is 16.9 Å². The van der Waals surface area contributed by atoms with Crippen molar-refractivity contribution < 1.29 is 4.79 Å². The Hall–Kier alpha value is -2.56. The van der Waals surface area contributed by atoms with E-state index < -0.39 is 0 Å². The van der Waals surface area contributed by atoms with Crippen LogP contribution in [0, 0.1) is 5.92 Å². The predicted molar refractivity (Wildman–Crippen MR) is 81.0 cm³/mol. The van der Waals surface area contributed by atoms with Crippen molar-refractivity contribution in [2.75, 3.05) is 5.73 Å². The molecule has 0 spiro atoms. The number of carbonyl (C=O) groups is 1. The van der Waals surface area contributed by atoms with Crippen molar-refractivity contribution in [3.63, 3.8) is 0 Å².